The summed E-state index contributed by atoms with van der Waals surface area (Å²) in [5.41, 5.74) is -1.08. The Labute approximate surface area is 321 Å². The standard InChI is InChI=1S/C18H18N4O5.C17H13N5O5.Co/c1-4-6-9-21-17(24)13(5-2)11(3)16(18(21)25)20-19-14-10-12(22(26)27)7-8-15(14)23;1-9-12(7-18)16(24)21(8-10-2-3-10)17(25)15(9)20-19-13-6-11(22(26)27)4-5-14(13)23;/h2,7-8,10,23,25H,4,6,9H2,1,3H3;2,4-6,23,25H,3,8H2,1H3;. The van der Waals surface area contributed by atoms with Crippen molar-refractivity contribution in [3.8, 4) is 41.7 Å². The second-order valence-corrected chi connectivity index (χ2v) is 11.6. The summed E-state index contributed by atoms with van der Waals surface area (Å²) in [5.74, 6) is 0.749. The van der Waals surface area contributed by atoms with Crippen LogP contribution in [0.1, 0.15) is 48.4 Å². The van der Waals surface area contributed by atoms with Crippen LogP contribution in [0, 0.1) is 57.8 Å². The second-order valence-electron chi connectivity index (χ2n) is 11.6. The smallest absolute Gasteiger partial charge is 0.271 e. The van der Waals surface area contributed by atoms with Gasteiger partial charge in [0.15, 0.2) is 11.4 Å². The maximum atomic E-state index is 12.4. The first-order valence-electron chi connectivity index (χ1n) is 15.9. The van der Waals surface area contributed by atoms with Gasteiger partial charge in [0.1, 0.15) is 34.5 Å². The van der Waals surface area contributed by atoms with E-state index < -0.39 is 32.7 Å². The molecule has 285 valence electrons. The van der Waals surface area contributed by atoms with Crippen molar-refractivity contribution in [1.82, 2.24) is 9.13 Å². The zero-order chi connectivity index (χ0) is 39.9. The van der Waals surface area contributed by atoms with Crippen LogP contribution in [0.5, 0.6) is 23.3 Å². The number of benzene rings is 2. The monoisotopic (exact) mass is 796 g/mol. The van der Waals surface area contributed by atoms with Gasteiger partial charge in [0.05, 0.1) is 22.0 Å². The van der Waals surface area contributed by atoms with E-state index in [9.17, 15) is 55.5 Å². The molecule has 0 spiro atoms. The van der Waals surface area contributed by atoms with Crippen LogP contribution in [-0.2, 0) is 29.9 Å². The fourth-order valence-corrected chi connectivity index (χ4v) is 4.85. The number of nitrogens with zero attached hydrogens (tertiary/aromatic N) is 9. The SMILES string of the molecule is C#Cc1c(C)c(N=Nc2cc([N+](=O)[O-])ccc2O)c(O)n(CCCC)c1=O.Cc1c(N=Nc2cc([N+](=O)[O-])ccc2O)c(O)n(CC2=CC2)c(=O)c1C#N.[Co]. The van der Waals surface area contributed by atoms with Crippen molar-refractivity contribution >= 4 is 34.1 Å². The number of nitro groups is 2. The molecule has 0 saturated carbocycles. The van der Waals surface area contributed by atoms with Crippen LogP contribution in [-0.4, -0.2) is 39.4 Å². The van der Waals surface area contributed by atoms with E-state index in [0.29, 0.717) is 6.42 Å². The summed E-state index contributed by atoms with van der Waals surface area (Å²) in [4.78, 5) is 45.2. The molecule has 1 radical (unpaired) electrons. The number of aromatic hydroxyl groups is 4. The number of hydrogen-bond acceptors (Lipinski definition) is 15. The summed E-state index contributed by atoms with van der Waals surface area (Å²) in [7, 11) is 0. The third-order valence-electron chi connectivity index (χ3n) is 8.01. The first-order chi connectivity index (χ1) is 25.6. The molecule has 19 nitrogen and oxygen atoms in total. The third-order valence-corrected chi connectivity index (χ3v) is 8.01. The average Bonchev–Trinajstić information content (AvgIpc) is 3.96. The van der Waals surface area contributed by atoms with Crippen LogP contribution < -0.4 is 11.1 Å². The molecule has 2 aromatic carbocycles. The Morgan fingerprint density at radius 3 is 1.69 bits per heavy atom. The Hall–Kier alpha value is -7.16. The molecule has 4 aromatic rings. The van der Waals surface area contributed by atoms with E-state index in [1.807, 2.05) is 13.0 Å². The topological polar surface area (TPSA) is 284 Å². The fourth-order valence-electron chi connectivity index (χ4n) is 4.85. The molecule has 5 rings (SSSR count). The first-order valence-corrected chi connectivity index (χ1v) is 15.9. The molecule has 55 heavy (non-hydrogen) atoms. The van der Waals surface area contributed by atoms with Crippen molar-refractivity contribution in [1.29, 1.82) is 5.26 Å². The maximum absolute atomic E-state index is 12.4. The van der Waals surface area contributed by atoms with Crippen LogP contribution in [0.15, 0.2) is 78.1 Å². The van der Waals surface area contributed by atoms with E-state index in [1.54, 1.807) is 6.07 Å². The molecular formula is C35H31CoN9O10. The van der Waals surface area contributed by atoms with E-state index in [0.717, 1.165) is 63.9 Å². The summed E-state index contributed by atoms with van der Waals surface area (Å²) in [5, 5.41) is 86.8. The first kappa shape index (κ1) is 42.3. The Kier molecular flexibility index (Phi) is 13.9. The van der Waals surface area contributed by atoms with Gasteiger partial charge < -0.3 is 20.4 Å². The minimum Gasteiger partial charge on any atom is -0.506 e. The van der Waals surface area contributed by atoms with Crippen molar-refractivity contribution in [2.24, 2.45) is 20.5 Å². The number of hydrogen-bond donors (Lipinski definition) is 4. The number of rotatable bonds is 11. The normalized spacial score (nSPS) is 11.5. The van der Waals surface area contributed by atoms with E-state index in [4.69, 9.17) is 6.42 Å². The molecule has 20 heteroatoms. The van der Waals surface area contributed by atoms with Crippen molar-refractivity contribution < 1.29 is 47.1 Å². The van der Waals surface area contributed by atoms with Crippen LogP contribution in [0.4, 0.5) is 34.1 Å². The van der Waals surface area contributed by atoms with Gasteiger partial charge in [-0.3, -0.25) is 39.0 Å². The van der Waals surface area contributed by atoms with E-state index in [2.05, 4.69) is 26.4 Å². The number of phenols is 2. The van der Waals surface area contributed by atoms with Gasteiger partial charge in [0.25, 0.3) is 22.5 Å². The predicted octanol–water partition coefficient (Wildman–Crippen LogP) is 6.76. The molecule has 0 aliphatic heterocycles. The van der Waals surface area contributed by atoms with E-state index in [-0.39, 0.29) is 97.7 Å². The number of azo groups is 2. The molecular weight excluding hydrogens is 765 g/mol. The molecule has 2 heterocycles. The summed E-state index contributed by atoms with van der Waals surface area (Å²) in [6.07, 6.45) is 9.45. The zero-order valence-electron chi connectivity index (χ0n) is 29.3. The van der Waals surface area contributed by atoms with Crippen LogP contribution in [0.3, 0.4) is 0 Å². The molecule has 0 bridgehead atoms. The van der Waals surface area contributed by atoms with Gasteiger partial charge in [0.2, 0.25) is 11.8 Å². The van der Waals surface area contributed by atoms with Crippen molar-refractivity contribution in [3.63, 3.8) is 0 Å². The second kappa shape index (κ2) is 18.0. The number of non-ortho nitro benzene ring substituents is 2. The molecule has 1 aliphatic rings. The predicted molar refractivity (Wildman–Crippen MR) is 192 cm³/mol. The summed E-state index contributed by atoms with van der Waals surface area (Å²) < 4.78 is 2.14. The molecule has 0 amide bonds. The number of unbranched alkanes of at least 4 members (excludes halogenated alkanes) is 1. The van der Waals surface area contributed by atoms with E-state index in [1.165, 1.54) is 13.8 Å². The Bertz CT molecular complexity index is 2490. The molecule has 0 unspecified atom stereocenters. The summed E-state index contributed by atoms with van der Waals surface area (Å²) in [6.45, 7) is 5.26. The Morgan fingerprint density at radius 1 is 0.818 bits per heavy atom. The van der Waals surface area contributed by atoms with Crippen LogP contribution in [0.25, 0.3) is 0 Å². The Morgan fingerprint density at radius 2 is 1.27 bits per heavy atom. The minimum atomic E-state index is -0.654. The quantitative estimate of drug-likeness (QED) is 0.0404. The summed E-state index contributed by atoms with van der Waals surface area (Å²) >= 11 is 0. The van der Waals surface area contributed by atoms with Gasteiger partial charge in [0, 0.05) is 58.7 Å². The van der Waals surface area contributed by atoms with Gasteiger partial charge in [-0.15, -0.1) is 26.9 Å². The number of aromatic nitrogens is 2. The average molecular weight is 797 g/mol. The van der Waals surface area contributed by atoms with Crippen molar-refractivity contribution in [3.05, 3.63) is 111 Å². The number of terminal acetylenes is 1. The Balaban J connectivity index is 0.000000290. The summed E-state index contributed by atoms with van der Waals surface area (Å²) in [6, 6.07) is 8.30. The largest absolute Gasteiger partial charge is 0.506 e. The van der Waals surface area contributed by atoms with Crippen LogP contribution in [0.2, 0.25) is 0 Å². The molecule has 0 saturated heterocycles. The number of nitriles is 1. The van der Waals surface area contributed by atoms with Gasteiger partial charge in [-0.1, -0.05) is 30.9 Å². The van der Waals surface area contributed by atoms with E-state index >= 15 is 0 Å². The zero-order valence-corrected chi connectivity index (χ0v) is 30.3. The molecule has 1 aliphatic carbocycles. The number of phenolic OH excluding ortho intramolecular Hbond substituents is 2. The number of pyridine rings is 2. The van der Waals surface area contributed by atoms with Gasteiger partial charge in [-0.2, -0.15) is 5.26 Å². The van der Waals surface area contributed by atoms with Gasteiger partial charge >= 0.3 is 0 Å². The minimum absolute atomic E-state index is 0. The van der Waals surface area contributed by atoms with Crippen LogP contribution >= 0.6 is 0 Å². The van der Waals surface area contributed by atoms with Gasteiger partial charge in [-0.05, 0) is 38.8 Å². The number of nitro benzene ring substituents is 2. The number of allylic oxidation sites excluding steroid dienone is 2. The van der Waals surface area contributed by atoms with Crippen molar-refractivity contribution in [2.75, 3.05) is 0 Å². The molecule has 0 atom stereocenters. The van der Waals surface area contributed by atoms with Gasteiger partial charge in [-0.25, -0.2) is 0 Å². The molecule has 0 fully saturated rings. The molecule has 4 N–H and O–H groups in total. The molecule has 2 aromatic heterocycles. The van der Waals surface area contributed by atoms with Crippen molar-refractivity contribution in [2.45, 2.75) is 53.1 Å². The fraction of sp³-hybridized carbons (Fsp3) is 0.229. The maximum Gasteiger partial charge on any atom is 0.271 e. The third kappa shape index (κ3) is 9.45.